The summed E-state index contributed by atoms with van der Waals surface area (Å²) in [6, 6.07) is 14.4. The van der Waals surface area contributed by atoms with Gasteiger partial charge in [-0.25, -0.2) is 4.39 Å². The van der Waals surface area contributed by atoms with E-state index in [-0.39, 0.29) is 23.9 Å². The van der Waals surface area contributed by atoms with Crippen LogP contribution >= 0.6 is 0 Å². The number of carbonyl (C=O) groups excluding carboxylic acids is 1. The zero-order chi connectivity index (χ0) is 18.8. The Morgan fingerprint density at radius 2 is 1.93 bits per heavy atom. The van der Waals surface area contributed by atoms with Crippen molar-refractivity contribution in [2.75, 3.05) is 20.3 Å². The number of nitrogens with zero attached hydrogens (tertiary/aromatic N) is 1. The number of amides is 1. The summed E-state index contributed by atoms with van der Waals surface area (Å²) in [6.45, 7) is 1.07. The Labute approximate surface area is 158 Å². The van der Waals surface area contributed by atoms with E-state index in [0.29, 0.717) is 19.6 Å². The fourth-order valence-electron chi connectivity index (χ4n) is 4.10. The Balaban J connectivity index is 1.64. The van der Waals surface area contributed by atoms with Crippen LogP contribution in [0.3, 0.4) is 0 Å². The number of ether oxygens (including phenoxy) is 2. The Kier molecular flexibility index (Phi) is 5.23. The van der Waals surface area contributed by atoms with E-state index < -0.39 is 6.10 Å². The second-order valence-corrected chi connectivity index (χ2v) is 7.19. The van der Waals surface area contributed by atoms with Crippen LogP contribution in [0.15, 0.2) is 48.5 Å². The van der Waals surface area contributed by atoms with Crippen molar-refractivity contribution in [2.45, 2.75) is 37.5 Å². The fraction of sp³-hybridized carbons (Fsp3) is 0.409. The molecule has 0 radical (unpaired) electrons. The second-order valence-electron chi connectivity index (χ2n) is 7.19. The molecule has 4 rings (SSSR count). The molecule has 2 aromatic rings. The second kappa shape index (κ2) is 7.79. The Hall–Kier alpha value is -2.24. The summed E-state index contributed by atoms with van der Waals surface area (Å²) in [5.41, 5.74) is 3.26. The van der Waals surface area contributed by atoms with Gasteiger partial charge in [0.2, 0.25) is 0 Å². The molecule has 0 saturated carbocycles. The lowest BCUT2D eigenvalue weighted by Crippen LogP contribution is -2.48. The minimum atomic E-state index is -0.440. The molecular weight excluding hydrogens is 345 g/mol. The number of rotatable bonds is 3. The number of hydrogen-bond acceptors (Lipinski definition) is 3. The largest absolute Gasteiger partial charge is 0.379 e. The van der Waals surface area contributed by atoms with Crippen molar-refractivity contribution in [3.8, 4) is 0 Å². The van der Waals surface area contributed by atoms with Gasteiger partial charge in [0.15, 0.2) is 0 Å². The van der Waals surface area contributed by atoms with E-state index in [1.165, 1.54) is 17.7 Å². The van der Waals surface area contributed by atoms with Gasteiger partial charge in [-0.3, -0.25) is 4.79 Å². The molecule has 2 aromatic carbocycles. The monoisotopic (exact) mass is 369 g/mol. The molecule has 4 nitrogen and oxygen atoms in total. The topological polar surface area (TPSA) is 38.8 Å². The lowest BCUT2D eigenvalue weighted by Gasteiger charge is -2.40. The predicted molar refractivity (Wildman–Crippen MR) is 99.9 cm³/mol. The van der Waals surface area contributed by atoms with Gasteiger partial charge in [-0.2, -0.15) is 0 Å². The van der Waals surface area contributed by atoms with Crippen molar-refractivity contribution in [2.24, 2.45) is 0 Å². The minimum absolute atomic E-state index is 0.00776. The zero-order valence-corrected chi connectivity index (χ0v) is 15.4. The first-order valence-corrected chi connectivity index (χ1v) is 9.45. The average molecular weight is 369 g/mol. The molecule has 27 heavy (non-hydrogen) atoms. The quantitative estimate of drug-likeness (QED) is 0.831. The van der Waals surface area contributed by atoms with Crippen LogP contribution < -0.4 is 0 Å². The van der Waals surface area contributed by atoms with Crippen molar-refractivity contribution < 1.29 is 18.7 Å². The molecule has 3 atom stereocenters. The van der Waals surface area contributed by atoms with Crippen molar-refractivity contribution in [1.82, 2.24) is 4.90 Å². The lowest BCUT2D eigenvalue weighted by atomic mass is 9.87. The molecule has 1 amide bonds. The highest BCUT2D eigenvalue weighted by Crippen LogP contribution is 2.36. The van der Waals surface area contributed by atoms with Crippen molar-refractivity contribution in [1.29, 1.82) is 0 Å². The first-order chi connectivity index (χ1) is 13.2. The number of carbonyl (C=O) groups is 1. The smallest absolute Gasteiger partial charge is 0.252 e. The van der Waals surface area contributed by atoms with Gasteiger partial charge in [-0.15, -0.1) is 0 Å². The number of halogens is 1. The predicted octanol–water partition coefficient (Wildman–Crippen LogP) is 3.49. The average Bonchev–Trinajstić information content (AvgIpc) is 2.73. The van der Waals surface area contributed by atoms with Crippen molar-refractivity contribution in [3.05, 3.63) is 71.0 Å². The van der Waals surface area contributed by atoms with Gasteiger partial charge in [0.05, 0.1) is 18.8 Å². The molecule has 2 aliphatic heterocycles. The zero-order valence-electron chi connectivity index (χ0n) is 15.4. The molecule has 0 bridgehead atoms. The van der Waals surface area contributed by atoms with Gasteiger partial charge in [0, 0.05) is 13.7 Å². The van der Waals surface area contributed by atoms with Crippen LogP contribution in [0.4, 0.5) is 4.39 Å². The minimum Gasteiger partial charge on any atom is -0.379 e. The SMILES string of the molecule is COC1CC[C@H](C(=O)N2CCc3ccccc3[C@@H]2c2ccc(F)cc2)OC1. The van der Waals surface area contributed by atoms with Crippen LogP contribution in [0, 0.1) is 5.82 Å². The lowest BCUT2D eigenvalue weighted by molar-refractivity contribution is -0.154. The standard InChI is InChI=1S/C22H24FNO3/c1-26-18-10-11-20(27-14-18)22(25)24-13-12-15-4-2-3-5-19(15)21(24)16-6-8-17(23)9-7-16/h2-9,18,20-21H,10-14H2,1H3/t18?,20-,21+/m1/s1. The van der Waals surface area contributed by atoms with E-state index in [2.05, 4.69) is 12.1 Å². The number of benzene rings is 2. The van der Waals surface area contributed by atoms with Crippen LogP contribution in [0.25, 0.3) is 0 Å². The fourth-order valence-corrected chi connectivity index (χ4v) is 4.10. The summed E-state index contributed by atoms with van der Waals surface area (Å²) in [7, 11) is 1.67. The third-order valence-corrected chi connectivity index (χ3v) is 5.60. The van der Waals surface area contributed by atoms with E-state index in [0.717, 1.165) is 24.0 Å². The molecule has 5 heteroatoms. The third-order valence-electron chi connectivity index (χ3n) is 5.60. The van der Waals surface area contributed by atoms with E-state index in [9.17, 15) is 9.18 Å². The molecule has 2 heterocycles. The maximum atomic E-state index is 13.5. The molecule has 0 aromatic heterocycles. The Bertz CT molecular complexity index is 799. The molecule has 142 valence electrons. The third kappa shape index (κ3) is 3.62. The van der Waals surface area contributed by atoms with Crippen LogP contribution in [0.5, 0.6) is 0 Å². The summed E-state index contributed by atoms with van der Waals surface area (Å²) in [6.07, 6.45) is 1.91. The normalized spacial score (nSPS) is 25.1. The highest BCUT2D eigenvalue weighted by molar-refractivity contribution is 5.82. The highest BCUT2D eigenvalue weighted by atomic mass is 19.1. The van der Waals surface area contributed by atoms with Gasteiger partial charge in [0.1, 0.15) is 11.9 Å². The van der Waals surface area contributed by atoms with E-state index in [4.69, 9.17) is 9.47 Å². The van der Waals surface area contributed by atoms with Crippen molar-refractivity contribution in [3.63, 3.8) is 0 Å². The molecule has 1 unspecified atom stereocenters. The Morgan fingerprint density at radius 3 is 2.63 bits per heavy atom. The molecule has 1 fully saturated rings. The van der Waals surface area contributed by atoms with Crippen LogP contribution in [0.2, 0.25) is 0 Å². The van der Waals surface area contributed by atoms with Crippen LogP contribution in [-0.2, 0) is 20.7 Å². The summed E-state index contributed by atoms with van der Waals surface area (Å²) in [5.74, 6) is -0.268. The van der Waals surface area contributed by atoms with Gasteiger partial charge in [-0.05, 0) is 48.1 Å². The van der Waals surface area contributed by atoms with Crippen molar-refractivity contribution >= 4 is 5.91 Å². The summed E-state index contributed by atoms with van der Waals surface area (Å²) >= 11 is 0. The molecule has 1 saturated heterocycles. The molecular formula is C22H24FNO3. The molecule has 0 N–H and O–H groups in total. The van der Waals surface area contributed by atoms with E-state index in [1.807, 2.05) is 17.0 Å². The molecule has 0 spiro atoms. The van der Waals surface area contributed by atoms with Gasteiger partial charge < -0.3 is 14.4 Å². The van der Waals surface area contributed by atoms with E-state index in [1.54, 1.807) is 19.2 Å². The summed E-state index contributed by atoms with van der Waals surface area (Å²) < 4.78 is 24.6. The molecule has 2 aliphatic rings. The number of methoxy groups -OCH3 is 1. The van der Waals surface area contributed by atoms with E-state index >= 15 is 0 Å². The molecule has 0 aliphatic carbocycles. The number of hydrogen-bond donors (Lipinski definition) is 0. The Morgan fingerprint density at radius 1 is 1.15 bits per heavy atom. The maximum Gasteiger partial charge on any atom is 0.252 e. The number of fused-ring (bicyclic) bond motifs is 1. The summed E-state index contributed by atoms with van der Waals surface area (Å²) in [5, 5.41) is 0. The summed E-state index contributed by atoms with van der Waals surface area (Å²) in [4.78, 5) is 15.2. The van der Waals surface area contributed by atoms with Gasteiger partial charge in [0.25, 0.3) is 5.91 Å². The first-order valence-electron chi connectivity index (χ1n) is 9.45. The van der Waals surface area contributed by atoms with Gasteiger partial charge in [-0.1, -0.05) is 36.4 Å². The van der Waals surface area contributed by atoms with Gasteiger partial charge >= 0.3 is 0 Å². The van der Waals surface area contributed by atoms with Crippen LogP contribution in [-0.4, -0.2) is 43.3 Å². The van der Waals surface area contributed by atoms with Crippen LogP contribution in [0.1, 0.15) is 35.6 Å². The first kappa shape index (κ1) is 18.1. The highest BCUT2D eigenvalue weighted by Gasteiger charge is 2.37. The maximum absolute atomic E-state index is 13.5.